The van der Waals surface area contributed by atoms with Crippen molar-refractivity contribution in [3.05, 3.63) is 71.9 Å². The number of para-hydroxylation sites is 1. The van der Waals surface area contributed by atoms with Crippen LogP contribution in [0.3, 0.4) is 0 Å². The number of pyridine rings is 1. The van der Waals surface area contributed by atoms with Crippen molar-refractivity contribution in [2.45, 2.75) is 12.5 Å². The van der Waals surface area contributed by atoms with Gasteiger partial charge in [-0.15, -0.1) is 0 Å². The minimum absolute atomic E-state index is 0.0887. The van der Waals surface area contributed by atoms with Crippen molar-refractivity contribution in [1.29, 1.82) is 0 Å². The highest BCUT2D eigenvalue weighted by Gasteiger charge is 2.13. The summed E-state index contributed by atoms with van der Waals surface area (Å²) < 4.78 is 5.40. The molecule has 1 heterocycles. The zero-order valence-electron chi connectivity index (χ0n) is 12.0. The van der Waals surface area contributed by atoms with E-state index in [2.05, 4.69) is 23.2 Å². The van der Waals surface area contributed by atoms with Gasteiger partial charge in [0.2, 0.25) is 0 Å². The van der Waals surface area contributed by atoms with Crippen LogP contribution >= 0.6 is 0 Å². The van der Waals surface area contributed by atoms with Gasteiger partial charge in [0.15, 0.2) is 0 Å². The normalized spacial score (nSPS) is 12.3. The summed E-state index contributed by atoms with van der Waals surface area (Å²) in [4.78, 5) is 4.38. The van der Waals surface area contributed by atoms with Crippen molar-refractivity contribution in [3.63, 3.8) is 0 Å². The van der Waals surface area contributed by atoms with Crippen LogP contribution in [0.4, 0.5) is 0 Å². The molecule has 1 unspecified atom stereocenters. The highest BCUT2D eigenvalue weighted by Crippen LogP contribution is 2.27. The first-order valence-corrected chi connectivity index (χ1v) is 7.00. The van der Waals surface area contributed by atoms with Crippen LogP contribution < -0.4 is 10.5 Å². The Morgan fingerprint density at radius 3 is 2.76 bits per heavy atom. The second kappa shape index (κ2) is 5.94. The third kappa shape index (κ3) is 2.73. The van der Waals surface area contributed by atoms with E-state index < -0.39 is 0 Å². The van der Waals surface area contributed by atoms with Crippen LogP contribution in [0.2, 0.25) is 0 Å². The minimum Gasteiger partial charge on any atom is -0.496 e. The predicted octanol–water partition coefficient (Wildman–Crippen LogP) is 3.49. The Kier molecular flexibility index (Phi) is 3.84. The first kappa shape index (κ1) is 13.6. The fourth-order valence-corrected chi connectivity index (χ4v) is 2.67. The van der Waals surface area contributed by atoms with Crippen molar-refractivity contribution in [2.75, 3.05) is 7.11 Å². The Morgan fingerprint density at radius 1 is 1.05 bits per heavy atom. The summed E-state index contributed by atoms with van der Waals surface area (Å²) in [5.74, 6) is 0.881. The van der Waals surface area contributed by atoms with Crippen LogP contribution in [0.15, 0.2) is 60.8 Å². The van der Waals surface area contributed by atoms with E-state index in [1.54, 1.807) is 13.3 Å². The van der Waals surface area contributed by atoms with Crippen LogP contribution in [0, 0.1) is 0 Å². The number of benzene rings is 2. The van der Waals surface area contributed by atoms with Crippen LogP contribution in [-0.4, -0.2) is 12.1 Å². The largest absolute Gasteiger partial charge is 0.496 e. The Hall–Kier alpha value is -2.39. The lowest BCUT2D eigenvalue weighted by molar-refractivity contribution is 0.408. The number of hydrogen-bond donors (Lipinski definition) is 1. The number of aromatic nitrogens is 1. The van der Waals surface area contributed by atoms with E-state index in [0.717, 1.165) is 34.2 Å². The zero-order valence-corrected chi connectivity index (χ0v) is 12.0. The lowest BCUT2D eigenvalue weighted by atomic mass is 9.96. The van der Waals surface area contributed by atoms with Gasteiger partial charge in [-0.2, -0.15) is 0 Å². The number of nitrogens with two attached hydrogens (primary N) is 1. The SMILES string of the molecule is COc1ccccc1CC(N)c1cccc2ncccc12. The van der Waals surface area contributed by atoms with Crippen LogP contribution in [0.5, 0.6) is 5.75 Å². The third-order valence-electron chi connectivity index (χ3n) is 3.71. The number of rotatable bonds is 4. The average molecular weight is 278 g/mol. The van der Waals surface area contributed by atoms with Crippen molar-refractivity contribution in [1.82, 2.24) is 4.98 Å². The quantitative estimate of drug-likeness (QED) is 0.794. The molecule has 3 nitrogen and oxygen atoms in total. The Bertz CT molecular complexity index is 750. The summed E-state index contributed by atoms with van der Waals surface area (Å²) in [5, 5.41) is 1.11. The Labute approximate surface area is 124 Å². The molecule has 21 heavy (non-hydrogen) atoms. The van der Waals surface area contributed by atoms with E-state index >= 15 is 0 Å². The molecule has 0 spiro atoms. The van der Waals surface area contributed by atoms with Crippen LogP contribution in [0.1, 0.15) is 17.2 Å². The van der Waals surface area contributed by atoms with E-state index in [0.29, 0.717) is 0 Å². The first-order valence-electron chi connectivity index (χ1n) is 7.00. The minimum atomic E-state index is -0.0887. The summed E-state index contributed by atoms with van der Waals surface area (Å²) >= 11 is 0. The number of ether oxygens (including phenoxy) is 1. The van der Waals surface area contributed by atoms with Gasteiger partial charge in [-0.3, -0.25) is 4.98 Å². The summed E-state index contributed by atoms with van der Waals surface area (Å²) in [7, 11) is 1.69. The Balaban J connectivity index is 1.96. The number of hydrogen-bond acceptors (Lipinski definition) is 3. The molecule has 0 radical (unpaired) electrons. The zero-order chi connectivity index (χ0) is 14.7. The molecule has 0 aliphatic carbocycles. The molecular weight excluding hydrogens is 260 g/mol. The molecule has 3 heteroatoms. The van der Waals surface area contributed by atoms with E-state index in [1.807, 2.05) is 36.4 Å². The van der Waals surface area contributed by atoms with Crippen molar-refractivity contribution in [3.8, 4) is 5.75 Å². The predicted molar refractivity (Wildman–Crippen MR) is 85.4 cm³/mol. The van der Waals surface area contributed by atoms with Gasteiger partial charge in [0, 0.05) is 17.6 Å². The molecule has 0 saturated carbocycles. The summed E-state index contributed by atoms with van der Waals surface area (Å²) in [6.45, 7) is 0. The topological polar surface area (TPSA) is 48.1 Å². The third-order valence-corrected chi connectivity index (χ3v) is 3.71. The lowest BCUT2D eigenvalue weighted by Crippen LogP contribution is -2.14. The van der Waals surface area contributed by atoms with Gasteiger partial charge in [-0.25, -0.2) is 0 Å². The molecule has 0 aliphatic heterocycles. The molecule has 1 aromatic heterocycles. The molecule has 0 bridgehead atoms. The van der Waals surface area contributed by atoms with Gasteiger partial charge in [0.1, 0.15) is 5.75 Å². The van der Waals surface area contributed by atoms with Gasteiger partial charge < -0.3 is 10.5 Å². The lowest BCUT2D eigenvalue weighted by Gasteiger charge is -2.16. The van der Waals surface area contributed by atoms with Crippen molar-refractivity contribution in [2.24, 2.45) is 5.73 Å². The molecule has 2 N–H and O–H groups in total. The molecule has 1 atom stereocenters. The molecule has 0 saturated heterocycles. The van der Waals surface area contributed by atoms with Gasteiger partial charge >= 0.3 is 0 Å². The highest BCUT2D eigenvalue weighted by atomic mass is 16.5. The number of fused-ring (bicyclic) bond motifs is 1. The van der Waals surface area contributed by atoms with Gasteiger partial charge in [0.05, 0.1) is 12.6 Å². The number of nitrogens with zero attached hydrogens (tertiary/aromatic N) is 1. The van der Waals surface area contributed by atoms with Crippen molar-refractivity contribution < 1.29 is 4.74 Å². The number of methoxy groups -OCH3 is 1. The second-order valence-corrected chi connectivity index (χ2v) is 5.04. The van der Waals surface area contributed by atoms with E-state index in [-0.39, 0.29) is 6.04 Å². The summed E-state index contributed by atoms with van der Waals surface area (Å²) in [6, 6.07) is 18.0. The van der Waals surface area contributed by atoms with Gasteiger partial charge in [-0.05, 0) is 35.7 Å². The molecule has 3 rings (SSSR count). The van der Waals surface area contributed by atoms with E-state index in [4.69, 9.17) is 10.5 Å². The maximum atomic E-state index is 6.43. The first-order chi connectivity index (χ1) is 10.3. The van der Waals surface area contributed by atoms with E-state index in [1.165, 1.54) is 0 Å². The monoisotopic (exact) mass is 278 g/mol. The standard InChI is InChI=1S/C18H18N2O/c1-21-18-10-3-2-6-13(18)12-16(19)14-7-4-9-17-15(14)8-5-11-20-17/h2-11,16H,12,19H2,1H3. The molecule has 0 fully saturated rings. The molecule has 0 amide bonds. The van der Waals surface area contributed by atoms with Gasteiger partial charge in [0.25, 0.3) is 0 Å². The van der Waals surface area contributed by atoms with Crippen molar-refractivity contribution >= 4 is 10.9 Å². The summed E-state index contributed by atoms with van der Waals surface area (Å²) in [6.07, 6.45) is 2.54. The van der Waals surface area contributed by atoms with E-state index in [9.17, 15) is 0 Å². The summed E-state index contributed by atoms with van der Waals surface area (Å²) in [5.41, 5.74) is 9.65. The van der Waals surface area contributed by atoms with Crippen LogP contribution in [0.25, 0.3) is 10.9 Å². The molecule has 0 aliphatic rings. The Morgan fingerprint density at radius 2 is 1.90 bits per heavy atom. The van der Waals surface area contributed by atoms with Crippen LogP contribution in [-0.2, 0) is 6.42 Å². The second-order valence-electron chi connectivity index (χ2n) is 5.04. The fourth-order valence-electron chi connectivity index (χ4n) is 2.67. The van der Waals surface area contributed by atoms with Gasteiger partial charge in [-0.1, -0.05) is 36.4 Å². The maximum Gasteiger partial charge on any atom is 0.122 e. The average Bonchev–Trinajstić information content (AvgIpc) is 2.54. The molecular formula is C18H18N2O. The molecule has 3 aromatic rings. The smallest absolute Gasteiger partial charge is 0.122 e. The fraction of sp³-hybridized carbons (Fsp3) is 0.167. The molecule has 106 valence electrons. The molecule has 2 aromatic carbocycles. The maximum absolute atomic E-state index is 6.43. The highest BCUT2D eigenvalue weighted by molar-refractivity contribution is 5.82.